The molecule has 8 heteroatoms. The highest BCUT2D eigenvalue weighted by molar-refractivity contribution is 6.30. The Bertz CT molecular complexity index is 945. The summed E-state index contributed by atoms with van der Waals surface area (Å²) in [6.07, 6.45) is 0.727. The summed E-state index contributed by atoms with van der Waals surface area (Å²) in [5.74, 6) is 0.910. The fraction of sp³-hybridized carbons (Fsp3) is 0.294. The lowest BCUT2D eigenvalue weighted by Gasteiger charge is -2.27. The number of hydrogen-bond donors (Lipinski definition) is 0. The summed E-state index contributed by atoms with van der Waals surface area (Å²) < 4.78 is 7.10. The molecule has 3 heterocycles. The third-order valence-electron chi connectivity index (χ3n) is 4.35. The van der Waals surface area contributed by atoms with Crippen molar-refractivity contribution in [3.8, 4) is 11.6 Å². The summed E-state index contributed by atoms with van der Waals surface area (Å²) in [5, 5.41) is 8.96. The maximum absolute atomic E-state index is 12.8. The number of carbonyl (C=O) groups excluding carboxylic acids is 1. The second-order valence-corrected chi connectivity index (χ2v) is 6.46. The zero-order valence-corrected chi connectivity index (χ0v) is 14.6. The van der Waals surface area contributed by atoms with Crippen molar-refractivity contribution in [3.05, 3.63) is 51.9 Å². The van der Waals surface area contributed by atoms with Crippen molar-refractivity contribution in [1.82, 2.24) is 24.8 Å². The first-order valence-corrected chi connectivity index (χ1v) is 8.31. The molecule has 128 valence electrons. The van der Waals surface area contributed by atoms with Crippen LogP contribution in [0.2, 0.25) is 5.02 Å². The fourth-order valence-electron chi connectivity index (χ4n) is 3.11. The van der Waals surface area contributed by atoms with Gasteiger partial charge in [-0.05, 0) is 31.2 Å². The molecule has 0 radical (unpaired) electrons. The normalized spacial score (nSPS) is 13.8. The van der Waals surface area contributed by atoms with Crippen molar-refractivity contribution >= 4 is 17.5 Å². The summed E-state index contributed by atoms with van der Waals surface area (Å²) in [6, 6.07) is 6.93. The molecule has 1 amide bonds. The first-order chi connectivity index (χ1) is 12.0. The molecule has 2 aromatic heterocycles. The van der Waals surface area contributed by atoms with Crippen LogP contribution in [-0.2, 0) is 20.0 Å². The molecule has 0 fully saturated rings. The van der Waals surface area contributed by atoms with Crippen LogP contribution in [-0.4, -0.2) is 37.3 Å². The largest absolute Gasteiger partial charge is 0.334 e. The summed E-state index contributed by atoms with van der Waals surface area (Å²) in [5.41, 5.74) is 3.31. The smallest absolute Gasteiger partial charge is 0.278 e. The summed E-state index contributed by atoms with van der Waals surface area (Å²) in [6.45, 7) is 2.86. The summed E-state index contributed by atoms with van der Waals surface area (Å²) in [4.78, 5) is 18.9. The minimum absolute atomic E-state index is 0.0289. The molecule has 0 aliphatic carbocycles. The predicted molar refractivity (Wildman–Crippen MR) is 91.1 cm³/mol. The number of hydrogen-bond acceptors (Lipinski definition) is 5. The third-order valence-corrected chi connectivity index (χ3v) is 4.60. The highest BCUT2D eigenvalue weighted by atomic mass is 35.5. The van der Waals surface area contributed by atoms with E-state index < -0.39 is 0 Å². The van der Waals surface area contributed by atoms with Gasteiger partial charge in [-0.2, -0.15) is 10.1 Å². The van der Waals surface area contributed by atoms with Crippen molar-refractivity contribution in [2.45, 2.75) is 19.9 Å². The van der Waals surface area contributed by atoms with Crippen LogP contribution >= 0.6 is 11.6 Å². The minimum Gasteiger partial charge on any atom is -0.334 e. The standard InChI is InChI=1S/C17H16ClN5O2/c1-10-19-16(25-21-10)15-13-9-23(8-7-14(13)22(2)20-15)17(24)11-3-5-12(18)6-4-11/h3-6H,7-9H2,1-2H3. The lowest BCUT2D eigenvalue weighted by atomic mass is 10.0. The molecule has 3 aromatic rings. The van der Waals surface area contributed by atoms with Crippen LogP contribution in [0.1, 0.15) is 27.4 Å². The lowest BCUT2D eigenvalue weighted by molar-refractivity contribution is 0.0733. The van der Waals surface area contributed by atoms with Crippen molar-refractivity contribution < 1.29 is 9.32 Å². The van der Waals surface area contributed by atoms with Crippen molar-refractivity contribution in [3.63, 3.8) is 0 Å². The number of carbonyl (C=O) groups is 1. The maximum Gasteiger partial charge on any atom is 0.278 e. The van der Waals surface area contributed by atoms with Crippen LogP contribution in [0, 0.1) is 6.92 Å². The number of fused-ring (bicyclic) bond motifs is 1. The van der Waals surface area contributed by atoms with Gasteiger partial charge in [-0.25, -0.2) is 0 Å². The van der Waals surface area contributed by atoms with E-state index in [9.17, 15) is 4.79 Å². The molecule has 1 aliphatic rings. The molecule has 25 heavy (non-hydrogen) atoms. The molecule has 7 nitrogen and oxygen atoms in total. The average Bonchev–Trinajstić information content (AvgIpc) is 3.18. The topological polar surface area (TPSA) is 77.0 Å². The molecule has 0 spiro atoms. The molecule has 0 unspecified atom stereocenters. The first-order valence-electron chi connectivity index (χ1n) is 7.93. The van der Waals surface area contributed by atoms with Gasteiger partial charge in [-0.1, -0.05) is 16.8 Å². The van der Waals surface area contributed by atoms with Crippen LogP contribution in [0.5, 0.6) is 0 Å². The third kappa shape index (κ3) is 2.80. The molecule has 1 aliphatic heterocycles. The Kier molecular flexibility index (Phi) is 3.80. The quantitative estimate of drug-likeness (QED) is 0.704. The van der Waals surface area contributed by atoms with Gasteiger partial charge in [-0.15, -0.1) is 0 Å². The molecule has 1 aromatic carbocycles. The van der Waals surface area contributed by atoms with Gasteiger partial charge in [0.1, 0.15) is 0 Å². The molecule has 0 atom stereocenters. The summed E-state index contributed by atoms with van der Waals surface area (Å²) >= 11 is 5.90. The Morgan fingerprint density at radius 1 is 1.28 bits per heavy atom. The fourth-order valence-corrected chi connectivity index (χ4v) is 3.23. The van der Waals surface area contributed by atoms with Gasteiger partial charge < -0.3 is 9.42 Å². The van der Waals surface area contributed by atoms with Gasteiger partial charge >= 0.3 is 0 Å². The van der Waals surface area contributed by atoms with E-state index in [1.807, 2.05) is 11.7 Å². The van der Waals surface area contributed by atoms with Gasteiger partial charge in [0, 0.05) is 41.9 Å². The zero-order chi connectivity index (χ0) is 17.6. The first kappa shape index (κ1) is 15.8. The van der Waals surface area contributed by atoms with Gasteiger partial charge in [0.2, 0.25) is 0 Å². The Morgan fingerprint density at radius 3 is 2.72 bits per heavy atom. The Labute approximate surface area is 149 Å². The molecule has 0 saturated heterocycles. The van der Waals surface area contributed by atoms with Gasteiger partial charge in [0.25, 0.3) is 11.8 Å². The van der Waals surface area contributed by atoms with Crippen molar-refractivity contribution in [2.24, 2.45) is 7.05 Å². The number of halogens is 1. The van der Waals surface area contributed by atoms with E-state index in [1.165, 1.54) is 0 Å². The summed E-state index contributed by atoms with van der Waals surface area (Å²) in [7, 11) is 1.89. The molecule has 4 rings (SSSR count). The van der Waals surface area contributed by atoms with Crippen LogP contribution in [0.25, 0.3) is 11.6 Å². The molecule has 0 N–H and O–H groups in total. The lowest BCUT2D eigenvalue weighted by Crippen LogP contribution is -2.36. The van der Waals surface area contributed by atoms with Gasteiger partial charge in [-0.3, -0.25) is 9.48 Å². The van der Waals surface area contributed by atoms with E-state index in [4.69, 9.17) is 16.1 Å². The van der Waals surface area contributed by atoms with E-state index in [1.54, 1.807) is 36.1 Å². The predicted octanol–water partition coefficient (Wildman–Crippen LogP) is 2.63. The monoisotopic (exact) mass is 357 g/mol. The molecule has 0 saturated carbocycles. The molecule has 0 bridgehead atoms. The van der Waals surface area contributed by atoms with E-state index in [2.05, 4.69) is 15.2 Å². The number of amides is 1. The number of nitrogens with zero attached hydrogens (tertiary/aromatic N) is 5. The van der Waals surface area contributed by atoms with E-state index in [0.29, 0.717) is 41.1 Å². The Balaban J connectivity index is 1.66. The maximum atomic E-state index is 12.8. The number of aryl methyl sites for hydroxylation is 2. The Hall–Kier alpha value is -2.67. The van der Waals surface area contributed by atoms with Gasteiger partial charge in [0.15, 0.2) is 11.5 Å². The van der Waals surface area contributed by atoms with Crippen molar-refractivity contribution in [2.75, 3.05) is 6.54 Å². The second kappa shape index (κ2) is 6.00. The average molecular weight is 358 g/mol. The number of benzene rings is 1. The second-order valence-electron chi connectivity index (χ2n) is 6.03. The number of rotatable bonds is 2. The minimum atomic E-state index is -0.0289. The van der Waals surface area contributed by atoms with Crippen LogP contribution < -0.4 is 0 Å². The van der Waals surface area contributed by atoms with E-state index in [-0.39, 0.29) is 5.91 Å². The highest BCUT2D eigenvalue weighted by Crippen LogP contribution is 2.29. The van der Waals surface area contributed by atoms with Crippen LogP contribution in [0.15, 0.2) is 28.8 Å². The van der Waals surface area contributed by atoms with Crippen LogP contribution in [0.4, 0.5) is 0 Å². The number of aromatic nitrogens is 4. The van der Waals surface area contributed by atoms with E-state index in [0.717, 1.165) is 17.7 Å². The molecular formula is C17H16ClN5O2. The molecular weight excluding hydrogens is 342 g/mol. The van der Waals surface area contributed by atoms with Gasteiger partial charge in [0.05, 0.1) is 6.54 Å². The van der Waals surface area contributed by atoms with E-state index >= 15 is 0 Å². The van der Waals surface area contributed by atoms with Crippen LogP contribution in [0.3, 0.4) is 0 Å². The SMILES string of the molecule is Cc1noc(-c2nn(C)c3c2CN(C(=O)c2ccc(Cl)cc2)CC3)n1. The zero-order valence-electron chi connectivity index (χ0n) is 13.9. The highest BCUT2D eigenvalue weighted by Gasteiger charge is 2.29. The van der Waals surface area contributed by atoms with Crippen molar-refractivity contribution in [1.29, 1.82) is 0 Å². The Morgan fingerprint density at radius 2 is 2.04 bits per heavy atom.